The molecule has 1 aromatic heterocycles. The van der Waals surface area contributed by atoms with Crippen molar-refractivity contribution in [2.45, 2.75) is 31.1 Å². The molecule has 0 unspecified atom stereocenters. The molecule has 0 radical (unpaired) electrons. The summed E-state index contributed by atoms with van der Waals surface area (Å²) in [6.45, 7) is 2.19. The van der Waals surface area contributed by atoms with Crippen LogP contribution in [-0.4, -0.2) is 16.6 Å². The van der Waals surface area contributed by atoms with Gasteiger partial charge in [-0.3, -0.25) is 4.79 Å². The summed E-state index contributed by atoms with van der Waals surface area (Å²) < 4.78 is 0. The Kier molecular flexibility index (Phi) is 5.59. The number of thioether (sulfide) groups is 1. The van der Waals surface area contributed by atoms with E-state index in [0.29, 0.717) is 5.75 Å². The monoisotopic (exact) mass is 338 g/mol. The van der Waals surface area contributed by atoms with Crippen LogP contribution < -0.4 is 5.32 Å². The number of nitrogens with one attached hydrogen (secondary N) is 2. The van der Waals surface area contributed by atoms with Crippen LogP contribution in [0, 0.1) is 0 Å². The van der Waals surface area contributed by atoms with E-state index in [9.17, 15) is 4.79 Å². The predicted molar refractivity (Wildman–Crippen MR) is 103 cm³/mol. The van der Waals surface area contributed by atoms with E-state index in [2.05, 4.69) is 35.4 Å². The van der Waals surface area contributed by atoms with Crippen molar-refractivity contribution in [3.8, 4) is 0 Å². The second-order valence-electron chi connectivity index (χ2n) is 5.84. The number of anilines is 1. The number of hydrogen-bond acceptors (Lipinski definition) is 2. The first-order valence-electron chi connectivity index (χ1n) is 8.34. The van der Waals surface area contributed by atoms with Crippen LogP contribution in [0.25, 0.3) is 10.9 Å². The molecule has 0 fully saturated rings. The number of amides is 1. The zero-order valence-corrected chi connectivity index (χ0v) is 14.7. The van der Waals surface area contributed by atoms with Gasteiger partial charge in [-0.1, -0.05) is 43.7 Å². The molecule has 1 heterocycles. The minimum absolute atomic E-state index is 0.0200. The van der Waals surface area contributed by atoms with Gasteiger partial charge in [0.05, 0.1) is 5.75 Å². The lowest BCUT2D eigenvalue weighted by atomic mass is 10.1. The van der Waals surface area contributed by atoms with Crippen molar-refractivity contribution >= 4 is 34.3 Å². The molecule has 0 atom stereocenters. The summed E-state index contributed by atoms with van der Waals surface area (Å²) in [4.78, 5) is 16.5. The SMILES string of the molecule is CCCCc1ccc(NC(=O)CSc2c[nH]c3ccccc23)cc1. The highest BCUT2D eigenvalue weighted by atomic mass is 32.2. The zero-order valence-electron chi connectivity index (χ0n) is 13.8. The molecule has 3 nitrogen and oxygen atoms in total. The second-order valence-corrected chi connectivity index (χ2v) is 6.85. The summed E-state index contributed by atoms with van der Waals surface area (Å²) in [5.41, 5.74) is 3.28. The minimum Gasteiger partial charge on any atom is -0.360 e. The van der Waals surface area contributed by atoms with E-state index in [-0.39, 0.29) is 5.91 Å². The average Bonchev–Trinajstić information content (AvgIpc) is 3.03. The number of rotatable bonds is 7. The van der Waals surface area contributed by atoms with E-state index in [4.69, 9.17) is 0 Å². The number of fused-ring (bicyclic) bond motifs is 1. The van der Waals surface area contributed by atoms with Gasteiger partial charge in [-0.25, -0.2) is 0 Å². The first-order chi connectivity index (χ1) is 11.8. The Morgan fingerprint density at radius 1 is 1.12 bits per heavy atom. The first-order valence-corrected chi connectivity index (χ1v) is 9.32. The second kappa shape index (κ2) is 8.06. The fourth-order valence-corrected chi connectivity index (χ4v) is 3.47. The molecular formula is C20H22N2OS. The van der Waals surface area contributed by atoms with E-state index >= 15 is 0 Å². The molecule has 0 aliphatic carbocycles. The molecule has 0 bridgehead atoms. The molecule has 1 amide bonds. The van der Waals surface area contributed by atoms with Crippen LogP contribution in [0.2, 0.25) is 0 Å². The van der Waals surface area contributed by atoms with Crippen molar-refractivity contribution in [2.75, 3.05) is 11.1 Å². The lowest BCUT2D eigenvalue weighted by Crippen LogP contribution is -2.13. The Morgan fingerprint density at radius 3 is 2.71 bits per heavy atom. The third kappa shape index (κ3) is 4.20. The molecule has 4 heteroatoms. The third-order valence-electron chi connectivity index (χ3n) is 3.97. The van der Waals surface area contributed by atoms with Crippen molar-refractivity contribution in [1.82, 2.24) is 4.98 Å². The van der Waals surface area contributed by atoms with Gasteiger partial charge >= 0.3 is 0 Å². The molecule has 0 aliphatic heterocycles. The van der Waals surface area contributed by atoms with Crippen LogP contribution in [0.5, 0.6) is 0 Å². The van der Waals surface area contributed by atoms with Crippen molar-refractivity contribution in [3.05, 3.63) is 60.3 Å². The average molecular weight is 338 g/mol. The van der Waals surface area contributed by atoms with Crippen molar-refractivity contribution in [1.29, 1.82) is 0 Å². The van der Waals surface area contributed by atoms with E-state index in [1.54, 1.807) is 11.8 Å². The number of aromatic nitrogens is 1. The van der Waals surface area contributed by atoms with Gasteiger partial charge in [-0.05, 0) is 36.6 Å². The fraction of sp³-hybridized carbons (Fsp3) is 0.250. The number of carbonyl (C=O) groups is 1. The Bertz CT molecular complexity index is 808. The highest BCUT2D eigenvalue weighted by molar-refractivity contribution is 8.00. The minimum atomic E-state index is 0.0200. The number of H-pyrrole nitrogens is 1. The molecule has 3 aromatic rings. The van der Waals surface area contributed by atoms with Crippen molar-refractivity contribution < 1.29 is 4.79 Å². The van der Waals surface area contributed by atoms with Gasteiger partial charge in [0, 0.05) is 27.7 Å². The topological polar surface area (TPSA) is 44.9 Å². The standard InChI is InChI=1S/C20H22N2OS/c1-2-3-6-15-9-11-16(12-10-15)22-20(23)14-24-19-13-21-18-8-5-4-7-17(18)19/h4-5,7-13,21H,2-3,6,14H2,1H3,(H,22,23). The summed E-state index contributed by atoms with van der Waals surface area (Å²) in [5.74, 6) is 0.422. The Morgan fingerprint density at radius 2 is 1.92 bits per heavy atom. The molecule has 2 aromatic carbocycles. The van der Waals surface area contributed by atoms with Gasteiger partial charge in [0.2, 0.25) is 5.91 Å². The summed E-state index contributed by atoms with van der Waals surface area (Å²) in [7, 11) is 0. The highest BCUT2D eigenvalue weighted by Crippen LogP contribution is 2.27. The van der Waals surface area contributed by atoms with Gasteiger partial charge < -0.3 is 10.3 Å². The number of hydrogen-bond donors (Lipinski definition) is 2. The Labute approximate surface area is 146 Å². The maximum Gasteiger partial charge on any atom is 0.234 e. The molecule has 0 aliphatic rings. The normalized spacial score (nSPS) is 10.9. The molecule has 0 saturated carbocycles. The number of para-hydroxylation sites is 1. The molecule has 124 valence electrons. The van der Waals surface area contributed by atoms with Crippen molar-refractivity contribution in [2.24, 2.45) is 0 Å². The van der Waals surface area contributed by atoms with Crippen LogP contribution in [-0.2, 0) is 11.2 Å². The Balaban J connectivity index is 1.54. The maximum atomic E-state index is 12.2. The van der Waals surface area contributed by atoms with Crippen LogP contribution in [0.15, 0.2) is 59.6 Å². The van der Waals surface area contributed by atoms with Crippen LogP contribution in [0.1, 0.15) is 25.3 Å². The number of aryl methyl sites for hydroxylation is 1. The van der Waals surface area contributed by atoms with E-state index in [0.717, 1.165) is 27.9 Å². The van der Waals surface area contributed by atoms with Crippen LogP contribution in [0.4, 0.5) is 5.69 Å². The number of carbonyl (C=O) groups excluding carboxylic acids is 1. The van der Waals surface area contributed by atoms with Gasteiger partial charge in [-0.15, -0.1) is 11.8 Å². The molecule has 3 rings (SSSR count). The predicted octanol–water partition coefficient (Wildman–Crippen LogP) is 5.24. The largest absolute Gasteiger partial charge is 0.360 e. The number of unbranched alkanes of at least 4 members (excludes halogenated alkanes) is 1. The summed E-state index contributed by atoms with van der Waals surface area (Å²) in [5, 5.41) is 4.13. The van der Waals surface area contributed by atoms with Gasteiger partial charge in [0.15, 0.2) is 0 Å². The van der Waals surface area contributed by atoms with E-state index in [1.807, 2.05) is 36.5 Å². The van der Waals surface area contributed by atoms with Gasteiger partial charge in [0.1, 0.15) is 0 Å². The lowest BCUT2D eigenvalue weighted by Gasteiger charge is -2.06. The van der Waals surface area contributed by atoms with E-state index < -0.39 is 0 Å². The van der Waals surface area contributed by atoms with Crippen LogP contribution in [0.3, 0.4) is 0 Å². The summed E-state index contributed by atoms with van der Waals surface area (Å²) in [6.07, 6.45) is 5.46. The number of benzene rings is 2. The quantitative estimate of drug-likeness (QED) is 0.579. The van der Waals surface area contributed by atoms with Crippen LogP contribution >= 0.6 is 11.8 Å². The summed E-state index contributed by atoms with van der Waals surface area (Å²) in [6, 6.07) is 16.3. The fourth-order valence-electron chi connectivity index (χ4n) is 2.64. The molecule has 0 saturated heterocycles. The summed E-state index contributed by atoms with van der Waals surface area (Å²) >= 11 is 1.55. The highest BCUT2D eigenvalue weighted by Gasteiger charge is 2.07. The smallest absolute Gasteiger partial charge is 0.234 e. The van der Waals surface area contributed by atoms with Gasteiger partial charge in [-0.2, -0.15) is 0 Å². The lowest BCUT2D eigenvalue weighted by molar-refractivity contribution is -0.113. The number of aromatic amines is 1. The van der Waals surface area contributed by atoms with Gasteiger partial charge in [0.25, 0.3) is 0 Å². The van der Waals surface area contributed by atoms with E-state index in [1.165, 1.54) is 18.4 Å². The first kappa shape index (κ1) is 16.7. The molecule has 2 N–H and O–H groups in total. The Hall–Kier alpha value is -2.20. The maximum absolute atomic E-state index is 12.2. The zero-order chi connectivity index (χ0) is 16.8. The molecular weight excluding hydrogens is 316 g/mol. The third-order valence-corrected chi connectivity index (χ3v) is 5.02. The molecule has 24 heavy (non-hydrogen) atoms. The van der Waals surface area contributed by atoms with Crippen molar-refractivity contribution in [3.63, 3.8) is 0 Å². The molecule has 0 spiro atoms.